The SMILES string of the molecule is COc1ccc(Cl)cc1NC(=O)N1Cc2ccccc2-n2cccc2[C@H]1c1ccc(N(C)C)cc1. The maximum Gasteiger partial charge on any atom is 0.323 e. The highest BCUT2D eigenvalue weighted by molar-refractivity contribution is 6.31. The lowest BCUT2D eigenvalue weighted by molar-refractivity contribution is 0.194. The average Bonchev–Trinajstić information content (AvgIpc) is 3.28. The fourth-order valence-electron chi connectivity index (χ4n) is 4.61. The molecule has 6 nitrogen and oxygen atoms in total. The Morgan fingerprint density at radius 1 is 1.03 bits per heavy atom. The van der Waals surface area contributed by atoms with Gasteiger partial charge < -0.3 is 24.4 Å². The van der Waals surface area contributed by atoms with Gasteiger partial charge in [0.15, 0.2) is 0 Å². The number of benzene rings is 3. The van der Waals surface area contributed by atoms with Crippen LogP contribution in [0.5, 0.6) is 5.75 Å². The summed E-state index contributed by atoms with van der Waals surface area (Å²) in [6.45, 7) is 0.437. The Labute approximate surface area is 210 Å². The number of aromatic nitrogens is 1. The lowest BCUT2D eigenvalue weighted by Crippen LogP contribution is -2.38. The van der Waals surface area contributed by atoms with Gasteiger partial charge in [0.25, 0.3) is 0 Å². The van der Waals surface area contributed by atoms with Crippen molar-refractivity contribution in [2.24, 2.45) is 0 Å². The maximum atomic E-state index is 13.9. The molecule has 0 spiro atoms. The van der Waals surface area contributed by atoms with Crippen molar-refractivity contribution in [1.29, 1.82) is 0 Å². The van der Waals surface area contributed by atoms with Crippen LogP contribution >= 0.6 is 11.6 Å². The lowest BCUT2D eigenvalue weighted by Gasteiger charge is -2.31. The highest BCUT2D eigenvalue weighted by atomic mass is 35.5. The van der Waals surface area contributed by atoms with E-state index in [9.17, 15) is 4.79 Å². The molecule has 7 heteroatoms. The van der Waals surface area contributed by atoms with Gasteiger partial charge in [0.05, 0.1) is 31.1 Å². The number of amides is 2. The predicted octanol–water partition coefficient (Wildman–Crippen LogP) is 6.34. The molecule has 1 atom stereocenters. The number of halogens is 1. The van der Waals surface area contributed by atoms with Gasteiger partial charge in [0, 0.05) is 36.7 Å². The molecule has 35 heavy (non-hydrogen) atoms. The number of rotatable bonds is 4. The third-order valence-corrected chi connectivity index (χ3v) is 6.59. The number of nitrogens with one attached hydrogen (secondary N) is 1. The number of hydrogen-bond acceptors (Lipinski definition) is 3. The number of carbonyl (C=O) groups excluding carboxylic acids is 1. The topological polar surface area (TPSA) is 49.7 Å². The molecule has 2 heterocycles. The smallest absolute Gasteiger partial charge is 0.323 e. The van der Waals surface area contributed by atoms with Gasteiger partial charge in [0.1, 0.15) is 5.75 Å². The summed E-state index contributed by atoms with van der Waals surface area (Å²) in [6.07, 6.45) is 2.05. The fraction of sp³-hybridized carbons (Fsp3) is 0.179. The van der Waals surface area contributed by atoms with Crippen molar-refractivity contribution in [3.05, 3.63) is 107 Å². The summed E-state index contributed by atoms with van der Waals surface area (Å²) in [5.74, 6) is 0.549. The molecule has 1 N–H and O–H groups in total. The molecule has 3 aromatic carbocycles. The zero-order chi connectivity index (χ0) is 24.5. The molecule has 0 radical (unpaired) electrons. The predicted molar refractivity (Wildman–Crippen MR) is 141 cm³/mol. The van der Waals surface area contributed by atoms with Gasteiger partial charge in [-0.05, 0) is 59.7 Å². The quantitative estimate of drug-likeness (QED) is 0.366. The van der Waals surface area contributed by atoms with Crippen LogP contribution in [0.4, 0.5) is 16.2 Å². The summed E-state index contributed by atoms with van der Waals surface area (Å²) >= 11 is 6.23. The zero-order valence-electron chi connectivity index (χ0n) is 19.9. The number of methoxy groups -OCH3 is 1. The molecule has 0 saturated heterocycles. The van der Waals surface area contributed by atoms with E-state index in [0.29, 0.717) is 23.0 Å². The minimum atomic E-state index is -0.307. The van der Waals surface area contributed by atoms with E-state index >= 15 is 0 Å². The molecule has 0 fully saturated rings. The fourth-order valence-corrected chi connectivity index (χ4v) is 4.78. The van der Waals surface area contributed by atoms with Gasteiger partial charge in [-0.2, -0.15) is 0 Å². The molecule has 0 bridgehead atoms. The molecular weight excluding hydrogens is 460 g/mol. The first kappa shape index (κ1) is 22.9. The highest BCUT2D eigenvalue weighted by Crippen LogP contribution is 2.38. The molecule has 0 aliphatic carbocycles. The molecule has 1 aliphatic rings. The van der Waals surface area contributed by atoms with E-state index < -0.39 is 0 Å². The summed E-state index contributed by atoms with van der Waals surface area (Å²) in [7, 11) is 5.60. The molecule has 0 saturated carbocycles. The number of ether oxygens (including phenoxy) is 1. The van der Waals surface area contributed by atoms with Crippen LogP contribution in [0, 0.1) is 0 Å². The molecule has 1 aromatic heterocycles. The van der Waals surface area contributed by atoms with Crippen molar-refractivity contribution >= 4 is 29.0 Å². The summed E-state index contributed by atoms with van der Waals surface area (Å²) < 4.78 is 7.63. The highest BCUT2D eigenvalue weighted by Gasteiger charge is 2.33. The van der Waals surface area contributed by atoms with Gasteiger partial charge in [-0.1, -0.05) is 41.9 Å². The lowest BCUT2D eigenvalue weighted by atomic mass is 10.0. The van der Waals surface area contributed by atoms with Crippen LogP contribution < -0.4 is 15.0 Å². The first-order chi connectivity index (χ1) is 17.0. The first-order valence-electron chi connectivity index (χ1n) is 11.4. The van der Waals surface area contributed by atoms with Gasteiger partial charge in [-0.3, -0.25) is 0 Å². The van der Waals surface area contributed by atoms with Crippen LogP contribution in [0.3, 0.4) is 0 Å². The van der Waals surface area contributed by atoms with Crippen molar-refractivity contribution in [2.75, 3.05) is 31.4 Å². The van der Waals surface area contributed by atoms with E-state index in [1.54, 1.807) is 25.3 Å². The molecule has 178 valence electrons. The molecule has 1 aliphatic heterocycles. The largest absolute Gasteiger partial charge is 0.495 e. The van der Waals surface area contributed by atoms with Crippen LogP contribution in [-0.4, -0.2) is 36.7 Å². The Morgan fingerprint density at radius 2 is 1.80 bits per heavy atom. The third kappa shape index (κ3) is 4.33. The number of fused-ring (bicyclic) bond motifs is 3. The van der Waals surface area contributed by atoms with E-state index in [1.807, 2.05) is 37.2 Å². The second-order valence-corrected chi connectivity index (χ2v) is 9.16. The maximum absolute atomic E-state index is 13.9. The molecule has 4 aromatic rings. The molecule has 5 rings (SSSR count). The van der Waals surface area contributed by atoms with Crippen molar-refractivity contribution in [1.82, 2.24) is 9.47 Å². The number of carbonyl (C=O) groups is 1. The van der Waals surface area contributed by atoms with Crippen molar-refractivity contribution in [2.45, 2.75) is 12.6 Å². The molecule has 2 amide bonds. The van der Waals surface area contributed by atoms with Gasteiger partial charge in [0.2, 0.25) is 0 Å². The number of para-hydroxylation sites is 1. The van der Waals surface area contributed by atoms with Crippen LogP contribution in [0.25, 0.3) is 5.69 Å². The second-order valence-electron chi connectivity index (χ2n) is 8.72. The van der Waals surface area contributed by atoms with E-state index in [4.69, 9.17) is 16.3 Å². The Hall–Kier alpha value is -3.90. The Morgan fingerprint density at radius 3 is 2.54 bits per heavy atom. The number of urea groups is 1. The minimum absolute atomic E-state index is 0.239. The van der Waals surface area contributed by atoms with E-state index in [1.165, 1.54) is 0 Å². The minimum Gasteiger partial charge on any atom is -0.495 e. The second kappa shape index (κ2) is 9.39. The Bertz CT molecular complexity index is 1360. The van der Waals surface area contributed by atoms with E-state index in [-0.39, 0.29) is 12.1 Å². The van der Waals surface area contributed by atoms with Crippen LogP contribution in [0.15, 0.2) is 85.1 Å². The Kier molecular flexibility index (Phi) is 6.14. The summed E-state index contributed by atoms with van der Waals surface area (Å²) in [4.78, 5) is 17.8. The zero-order valence-corrected chi connectivity index (χ0v) is 20.7. The standard InChI is InChI=1S/C28H27ClN4O2/c1-31(2)22-13-10-19(11-14-22)27-25-9-6-16-32(25)24-8-5-4-7-20(24)18-33(27)28(34)30-23-17-21(29)12-15-26(23)35-3/h4-17,27H,18H2,1-3H3,(H,30,34)/t27-/m1/s1. The van der Waals surface area contributed by atoms with Crippen LogP contribution in [0.1, 0.15) is 22.9 Å². The summed E-state index contributed by atoms with van der Waals surface area (Å²) in [5.41, 5.74) is 5.79. The van der Waals surface area contributed by atoms with Gasteiger partial charge >= 0.3 is 6.03 Å². The van der Waals surface area contributed by atoms with E-state index in [2.05, 4.69) is 63.4 Å². The number of hydrogen-bond donors (Lipinski definition) is 1. The van der Waals surface area contributed by atoms with Crippen molar-refractivity contribution in [3.63, 3.8) is 0 Å². The number of nitrogens with zero attached hydrogens (tertiary/aromatic N) is 3. The molecular formula is C28H27ClN4O2. The first-order valence-corrected chi connectivity index (χ1v) is 11.8. The van der Waals surface area contributed by atoms with Gasteiger partial charge in [-0.15, -0.1) is 0 Å². The Balaban J connectivity index is 1.62. The number of anilines is 2. The van der Waals surface area contributed by atoms with Gasteiger partial charge in [-0.25, -0.2) is 4.79 Å². The summed E-state index contributed by atoms with van der Waals surface area (Å²) in [5, 5.41) is 3.56. The normalized spacial score (nSPS) is 14.5. The van der Waals surface area contributed by atoms with Crippen molar-refractivity contribution in [3.8, 4) is 11.4 Å². The third-order valence-electron chi connectivity index (χ3n) is 6.35. The molecule has 0 unspecified atom stereocenters. The van der Waals surface area contributed by atoms with Crippen molar-refractivity contribution < 1.29 is 9.53 Å². The van der Waals surface area contributed by atoms with Crippen LogP contribution in [0.2, 0.25) is 5.02 Å². The summed E-state index contributed by atoms with van der Waals surface area (Å²) in [6, 6.07) is 25.3. The average molecular weight is 487 g/mol. The monoisotopic (exact) mass is 486 g/mol. The van der Waals surface area contributed by atoms with Crippen LogP contribution in [-0.2, 0) is 6.54 Å². The van der Waals surface area contributed by atoms with E-state index in [0.717, 1.165) is 28.2 Å².